The van der Waals surface area contributed by atoms with E-state index in [1.165, 1.54) is 5.56 Å². The van der Waals surface area contributed by atoms with Gasteiger partial charge in [-0.25, -0.2) is 0 Å². The van der Waals surface area contributed by atoms with Crippen molar-refractivity contribution in [3.8, 4) is 11.1 Å². The summed E-state index contributed by atoms with van der Waals surface area (Å²) in [5, 5.41) is 1.11. The zero-order valence-corrected chi connectivity index (χ0v) is 8.10. The van der Waals surface area contributed by atoms with Crippen molar-refractivity contribution in [1.82, 2.24) is 0 Å². The predicted octanol–water partition coefficient (Wildman–Crippen LogP) is 3.90. The molecule has 0 amide bonds. The van der Waals surface area contributed by atoms with Gasteiger partial charge in [0.1, 0.15) is 5.58 Å². The number of rotatable bonds is 1. The fourth-order valence-electron chi connectivity index (χ4n) is 1.75. The van der Waals surface area contributed by atoms with Gasteiger partial charge in [0.25, 0.3) is 0 Å². The van der Waals surface area contributed by atoms with Crippen LogP contribution >= 0.6 is 0 Å². The third kappa shape index (κ3) is 1.33. The van der Waals surface area contributed by atoms with Crippen LogP contribution in [-0.4, -0.2) is 0 Å². The Hall–Kier alpha value is -2.02. The smallest absolute Gasteiger partial charge is 0.142 e. The third-order valence-corrected chi connectivity index (χ3v) is 2.49. The second-order valence-corrected chi connectivity index (χ2v) is 3.43. The number of hydrogen-bond donors (Lipinski definition) is 0. The molecule has 3 rings (SSSR count). The van der Waals surface area contributed by atoms with Gasteiger partial charge in [-0.05, 0) is 5.56 Å². The largest absolute Gasteiger partial charge is 0.463 e. The molecule has 1 heterocycles. The summed E-state index contributed by atoms with van der Waals surface area (Å²) in [7, 11) is 0. The van der Waals surface area contributed by atoms with E-state index in [2.05, 4.69) is 24.3 Å². The zero-order valence-electron chi connectivity index (χ0n) is 8.10. The second kappa shape index (κ2) is 3.28. The lowest BCUT2D eigenvalue weighted by Gasteiger charge is -1.96. The van der Waals surface area contributed by atoms with Gasteiger partial charge in [-0.1, -0.05) is 48.5 Å². The molecule has 0 atom stereocenters. The Morgan fingerprint density at radius 1 is 0.933 bits per heavy atom. The fraction of sp³-hybridized carbons (Fsp3) is 0. The van der Waals surface area contributed by atoms with Crippen molar-refractivity contribution < 1.29 is 4.42 Å². The average molecular weight is 193 g/mol. The highest BCUT2D eigenvalue weighted by Gasteiger charge is 2.06. The Morgan fingerprint density at radius 2 is 1.80 bits per heavy atom. The van der Waals surface area contributed by atoms with Gasteiger partial charge >= 0.3 is 0 Å². The molecule has 1 heteroatoms. The molecule has 0 unspecified atom stereocenters. The van der Waals surface area contributed by atoms with Crippen molar-refractivity contribution in [2.75, 3.05) is 0 Å². The molecule has 0 aliphatic rings. The van der Waals surface area contributed by atoms with Gasteiger partial charge in [-0.2, -0.15) is 0 Å². The van der Waals surface area contributed by atoms with Crippen molar-refractivity contribution in [3.05, 3.63) is 60.9 Å². The first-order valence-electron chi connectivity index (χ1n) is 4.88. The van der Waals surface area contributed by atoms with Gasteiger partial charge in [0.05, 0.1) is 6.26 Å². The molecule has 0 aliphatic carbocycles. The van der Waals surface area contributed by atoms with Crippen LogP contribution in [0.4, 0.5) is 0 Å². The Kier molecular flexibility index (Phi) is 1.82. The van der Waals surface area contributed by atoms with Crippen LogP contribution in [0.2, 0.25) is 0 Å². The maximum Gasteiger partial charge on any atom is 0.142 e. The predicted molar refractivity (Wildman–Crippen MR) is 60.5 cm³/mol. The molecule has 71 valence electrons. The molecular formula is C14H9O. The summed E-state index contributed by atoms with van der Waals surface area (Å²) < 4.78 is 5.45. The first-order valence-corrected chi connectivity index (χ1v) is 4.88. The van der Waals surface area contributed by atoms with E-state index in [1.807, 2.05) is 30.3 Å². The minimum absolute atomic E-state index is 0.816. The first kappa shape index (κ1) is 8.30. The van der Waals surface area contributed by atoms with Crippen molar-refractivity contribution in [2.24, 2.45) is 0 Å². The number of para-hydroxylation sites is 1. The van der Waals surface area contributed by atoms with Crippen LogP contribution in [0, 0.1) is 6.07 Å². The van der Waals surface area contributed by atoms with Crippen LogP contribution in [0.5, 0.6) is 0 Å². The second-order valence-electron chi connectivity index (χ2n) is 3.43. The van der Waals surface area contributed by atoms with Crippen LogP contribution in [0.25, 0.3) is 22.1 Å². The zero-order chi connectivity index (χ0) is 10.1. The first-order chi connectivity index (χ1) is 7.45. The van der Waals surface area contributed by atoms with Crippen molar-refractivity contribution >= 4 is 11.0 Å². The van der Waals surface area contributed by atoms with Crippen LogP contribution in [0.1, 0.15) is 0 Å². The molecule has 2 aromatic carbocycles. The molecular weight excluding hydrogens is 184 g/mol. The van der Waals surface area contributed by atoms with Gasteiger partial charge in [-0.15, -0.1) is 0 Å². The molecule has 0 fully saturated rings. The molecule has 1 radical (unpaired) electrons. The summed E-state index contributed by atoms with van der Waals surface area (Å²) in [6.45, 7) is 0. The summed E-state index contributed by atoms with van der Waals surface area (Å²) in [5.74, 6) is 0. The van der Waals surface area contributed by atoms with Gasteiger partial charge in [0, 0.05) is 17.0 Å². The molecule has 0 bridgehead atoms. The van der Waals surface area contributed by atoms with Gasteiger partial charge < -0.3 is 4.42 Å². The summed E-state index contributed by atoms with van der Waals surface area (Å²) in [6, 6.07) is 19.2. The highest BCUT2D eigenvalue weighted by atomic mass is 16.3. The molecule has 0 saturated heterocycles. The lowest BCUT2D eigenvalue weighted by molar-refractivity contribution is 0.616. The maximum absolute atomic E-state index is 5.45. The Morgan fingerprint density at radius 3 is 2.67 bits per heavy atom. The number of hydrogen-bond acceptors (Lipinski definition) is 1. The van der Waals surface area contributed by atoms with Crippen molar-refractivity contribution in [1.29, 1.82) is 0 Å². The minimum atomic E-state index is 0.816. The topological polar surface area (TPSA) is 13.1 Å². The van der Waals surface area contributed by atoms with E-state index in [1.54, 1.807) is 6.26 Å². The van der Waals surface area contributed by atoms with Crippen LogP contribution < -0.4 is 0 Å². The van der Waals surface area contributed by atoms with E-state index in [-0.39, 0.29) is 0 Å². The summed E-state index contributed by atoms with van der Waals surface area (Å²) in [5.41, 5.74) is 3.12. The van der Waals surface area contributed by atoms with E-state index < -0.39 is 0 Å². The van der Waals surface area contributed by atoms with Crippen LogP contribution in [0.3, 0.4) is 0 Å². The van der Waals surface area contributed by atoms with E-state index >= 15 is 0 Å². The lowest BCUT2D eigenvalue weighted by atomic mass is 10.1. The molecule has 0 saturated carbocycles. The number of furan rings is 1. The normalized spacial score (nSPS) is 10.7. The fourth-order valence-corrected chi connectivity index (χ4v) is 1.75. The molecule has 15 heavy (non-hydrogen) atoms. The van der Waals surface area contributed by atoms with Gasteiger partial charge in [0.2, 0.25) is 0 Å². The van der Waals surface area contributed by atoms with Crippen LogP contribution in [0.15, 0.2) is 59.2 Å². The third-order valence-electron chi connectivity index (χ3n) is 2.49. The molecule has 0 aliphatic heterocycles. The van der Waals surface area contributed by atoms with Gasteiger partial charge in [-0.3, -0.25) is 0 Å². The molecule has 1 nitrogen and oxygen atoms in total. The molecule has 0 spiro atoms. The highest BCUT2D eigenvalue weighted by molar-refractivity contribution is 5.93. The standard InChI is InChI=1S/C14H9O/c1-2-6-11(7-3-1)13-10-15-14-9-5-4-8-12(13)14/h1-8,10H. The maximum atomic E-state index is 5.45. The SMILES string of the molecule is [c]1cccc2c(-c3ccccc3)coc12. The Labute approximate surface area is 88.0 Å². The summed E-state index contributed by atoms with van der Waals surface area (Å²) >= 11 is 0. The summed E-state index contributed by atoms with van der Waals surface area (Å²) in [6.07, 6.45) is 1.79. The van der Waals surface area contributed by atoms with Gasteiger partial charge in [0.15, 0.2) is 0 Å². The quantitative estimate of drug-likeness (QED) is 0.571. The lowest BCUT2D eigenvalue weighted by Crippen LogP contribution is -1.73. The number of benzene rings is 2. The van der Waals surface area contributed by atoms with E-state index in [4.69, 9.17) is 4.42 Å². The minimum Gasteiger partial charge on any atom is -0.463 e. The monoisotopic (exact) mass is 193 g/mol. The van der Waals surface area contributed by atoms with Crippen molar-refractivity contribution in [2.45, 2.75) is 0 Å². The van der Waals surface area contributed by atoms with E-state index in [0.717, 1.165) is 16.5 Å². The average Bonchev–Trinajstić information content (AvgIpc) is 2.74. The number of fused-ring (bicyclic) bond motifs is 1. The molecule has 1 aromatic heterocycles. The summed E-state index contributed by atoms with van der Waals surface area (Å²) in [4.78, 5) is 0. The Bertz CT molecular complexity index is 578. The van der Waals surface area contributed by atoms with E-state index in [9.17, 15) is 0 Å². The Balaban J connectivity index is 2.28. The van der Waals surface area contributed by atoms with Crippen molar-refractivity contribution in [3.63, 3.8) is 0 Å². The molecule has 0 N–H and O–H groups in total. The van der Waals surface area contributed by atoms with Crippen LogP contribution in [-0.2, 0) is 0 Å². The molecule has 3 aromatic rings. The van der Waals surface area contributed by atoms with E-state index in [0.29, 0.717) is 0 Å². The highest BCUT2D eigenvalue weighted by Crippen LogP contribution is 2.29.